The summed E-state index contributed by atoms with van der Waals surface area (Å²) >= 11 is 0. The number of H-pyrrole nitrogens is 1. The second-order valence-corrected chi connectivity index (χ2v) is 4.54. The van der Waals surface area contributed by atoms with E-state index in [-0.39, 0.29) is 5.92 Å². The van der Waals surface area contributed by atoms with E-state index in [1.807, 2.05) is 13.8 Å². The summed E-state index contributed by atoms with van der Waals surface area (Å²) in [5.41, 5.74) is 2.14. The molecule has 0 amide bonds. The van der Waals surface area contributed by atoms with Gasteiger partial charge >= 0.3 is 5.97 Å². The van der Waals surface area contributed by atoms with Gasteiger partial charge in [-0.1, -0.05) is 19.9 Å². The maximum Gasteiger partial charge on any atom is 0.311 e. The van der Waals surface area contributed by atoms with E-state index in [0.29, 0.717) is 11.3 Å². The first-order valence-corrected chi connectivity index (χ1v) is 5.79. The minimum Gasteiger partial charge on any atom is -0.494 e. The van der Waals surface area contributed by atoms with Crippen LogP contribution in [0.2, 0.25) is 0 Å². The van der Waals surface area contributed by atoms with Gasteiger partial charge in [0.2, 0.25) is 0 Å². The first-order valence-electron chi connectivity index (χ1n) is 5.79. The first kappa shape index (κ1) is 12.4. The molecule has 5 heteroatoms. The number of carbonyl (C=O) groups is 1. The van der Waals surface area contributed by atoms with E-state index >= 15 is 0 Å². The molecule has 1 atom stereocenters. The standard InChI is InChI=1S/C13H16N2O3/c1-7(2)10(13(16)17)8-4-5-9(18-3)12-11(8)14-6-15-12/h4-7,10H,1-3H3,(H,14,15)(H,16,17). The van der Waals surface area contributed by atoms with Crippen LogP contribution in [0.25, 0.3) is 11.0 Å². The van der Waals surface area contributed by atoms with Crippen LogP contribution in [0.3, 0.4) is 0 Å². The van der Waals surface area contributed by atoms with Gasteiger partial charge < -0.3 is 14.8 Å². The van der Waals surface area contributed by atoms with E-state index < -0.39 is 11.9 Å². The van der Waals surface area contributed by atoms with Crippen molar-refractivity contribution in [3.8, 4) is 5.75 Å². The van der Waals surface area contributed by atoms with Crippen LogP contribution in [-0.2, 0) is 4.79 Å². The van der Waals surface area contributed by atoms with Crippen LogP contribution in [0.1, 0.15) is 25.3 Å². The molecule has 0 saturated carbocycles. The zero-order chi connectivity index (χ0) is 13.3. The Labute approximate surface area is 105 Å². The molecule has 96 valence electrons. The number of carboxylic acids is 1. The number of hydrogen-bond donors (Lipinski definition) is 2. The first-order chi connectivity index (χ1) is 8.56. The molecule has 0 aliphatic carbocycles. The van der Waals surface area contributed by atoms with Crippen molar-refractivity contribution in [3.63, 3.8) is 0 Å². The van der Waals surface area contributed by atoms with Gasteiger partial charge in [0.25, 0.3) is 0 Å². The molecule has 0 spiro atoms. The van der Waals surface area contributed by atoms with Crippen molar-refractivity contribution in [2.24, 2.45) is 5.92 Å². The molecule has 0 saturated heterocycles. The van der Waals surface area contributed by atoms with Crippen molar-refractivity contribution < 1.29 is 14.6 Å². The average molecular weight is 248 g/mol. The zero-order valence-electron chi connectivity index (χ0n) is 10.6. The summed E-state index contributed by atoms with van der Waals surface area (Å²) in [5.74, 6) is -0.741. The van der Waals surface area contributed by atoms with Gasteiger partial charge in [-0.2, -0.15) is 0 Å². The van der Waals surface area contributed by atoms with E-state index in [4.69, 9.17) is 4.74 Å². The molecule has 1 unspecified atom stereocenters. The molecule has 2 aromatic rings. The fourth-order valence-corrected chi connectivity index (χ4v) is 2.23. The summed E-state index contributed by atoms with van der Waals surface area (Å²) in [4.78, 5) is 18.6. The van der Waals surface area contributed by atoms with Crippen molar-refractivity contribution in [1.82, 2.24) is 9.97 Å². The summed E-state index contributed by atoms with van der Waals surface area (Å²) in [6.07, 6.45) is 1.55. The van der Waals surface area contributed by atoms with E-state index in [0.717, 1.165) is 11.1 Å². The maximum atomic E-state index is 11.4. The molecular formula is C13H16N2O3. The number of methoxy groups -OCH3 is 1. The molecule has 1 heterocycles. The number of nitrogens with zero attached hydrogens (tertiary/aromatic N) is 1. The van der Waals surface area contributed by atoms with Gasteiger partial charge in [0.15, 0.2) is 0 Å². The Bertz CT molecular complexity index is 575. The normalized spacial score (nSPS) is 12.9. The lowest BCUT2D eigenvalue weighted by Crippen LogP contribution is -2.17. The van der Waals surface area contributed by atoms with Crippen molar-refractivity contribution >= 4 is 17.0 Å². The van der Waals surface area contributed by atoms with Gasteiger partial charge in [-0.25, -0.2) is 4.98 Å². The van der Waals surface area contributed by atoms with Crippen molar-refractivity contribution in [2.45, 2.75) is 19.8 Å². The molecule has 1 aromatic carbocycles. The van der Waals surface area contributed by atoms with E-state index in [9.17, 15) is 9.90 Å². The summed E-state index contributed by atoms with van der Waals surface area (Å²) in [6, 6.07) is 3.55. The Morgan fingerprint density at radius 3 is 2.72 bits per heavy atom. The quantitative estimate of drug-likeness (QED) is 0.871. The van der Waals surface area contributed by atoms with Gasteiger partial charge in [0, 0.05) is 0 Å². The molecule has 0 fully saturated rings. The van der Waals surface area contributed by atoms with Gasteiger partial charge in [0.05, 0.1) is 24.9 Å². The second-order valence-electron chi connectivity index (χ2n) is 4.54. The Hall–Kier alpha value is -2.04. The van der Waals surface area contributed by atoms with E-state index in [2.05, 4.69) is 9.97 Å². The van der Waals surface area contributed by atoms with Gasteiger partial charge in [-0.15, -0.1) is 0 Å². The lowest BCUT2D eigenvalue weighted by Gasteiger charge is -2.17. The molecule has 5 nitrogen and oxygen atoms in total. The highest BCUT2D eigenvalue weighted by Crippen LogP contribution is 2.33. The van der Waals surface area contributed by atoms with Gasteiger partial charge in [-0.3, -0.25) is 4.79 Å². The van der Waals surface area contributed by atoms with Crippen LogP contribution < -0.4 is 4.74 Å². The number of ether oxygens (including phenoxy) is 1. The van der Waals surface area contributed by atoms with Gasteiger partial charge in [-0.05, 0) is 17.5 Å². The number of aliphatic carboxylic acids is 1. The predicted octanol–water partition coefficient (Wildman–Crippen LogP) is 2.40. The number of rotatable bonds is 4. The topological polar surface area (TPSA) is 75.2 Å². The summed E-state index contributed by atoms with van der Waals surface area (Å²) in [7, 11) is 1.57. The van der Waals surface area contributed by atoms with Crippen LogP contribution >= 0.6 is 0 Å². The third kappa shape index (κ3) is 1.92. The highest BCUT2D eigenvalue weighted by Gasteiger charge is 2.26. The maximum absolute atomic E-state index is 11.4. The van der Waals surface area contributed by atoms with Crippen molar-refractivity contribution in [1.29, 1.82) is 0 Å². The van der Waals surface area contributed by atoms with Crippen LogP contribution in [0, 0.1) is 5.92 Å². The lowest BCUT2D eigenvalue weighted by atomic mass is 9.87. The third-order valence-electron chi connectivity index (χ3n) is 3.06. The third-order valence-corrected chi connectivity index (χ3v) is 3.06. The smallest absolute Gasteiger partial charge is 0.311 e. The molecule has 0 aliphatic rings. The minimum absolute atomic E-state index is 0.00222. The monoisotopic (exact) mass is 248 g/mol. The number of carboxylic acid groups (broad SMARTS) is 1. The number of benzene rings is 1. The zero-order valence-corrected chi connectivity index (χ0v) is 10.6. The number of hydrogen-bond acceptors (Lipinski definition) is 3. The summed E-state index contributed by atoms with van der Waals surface area (Å²) in [5, 5.41) is 9.36. The van der Waals surface area contributed by atoms with Crippen LogP contribution in [0.5, 0.6) is 5.75 Å². The minimum atomic E-state index is -0.828. The Morgan fingerprint density at radius 1 is 1.44 bits per heavy atom. The average Bonchev–Trinajstić information content (AvgIpc) is 2.77. The predicted molar refractivity (Wildman–Crippen MR) is 67.9 cm³/mol. The molecule has 2 rings (SSSR count). The highest BCUT2D eigenvalue weighted by molar-refractivity contribution is 5.89. The molecular weight excluding hydrogens is 232 g/mol. The largest absolute Gasteiger partial charge is 0.494 e. The van der Waals surface area contributed by atoms with Crippen LogP contribution in [0.4, 0.5) is 0 Å². The number of fused-ring (bicyclic) bond motifs is 1. The highest BCUT2D eigenvalue weighted by atomic mass is 16.5. The Morgan fingerprint density at radius 2 is 2.17 bits per heavy atom. The molecule has 0 radical (unpaired) electrons. The number of imidazole rings is 1. The van der Waals surface area contributed by atoms with E-state index in [1.54, 1.807) is 25.6 Å². The fraction of sp³-hybridized carbons (Fsp3) is 0.385. The summed E-state index contributed by atoms with van der Waals surface area (Å²) in [6.45, 7) is 3.79. The molecule has 2 N–H and O–H groups in total. The lowest BCUT2D eigenvalue weighted by molar-refractivity contribution is -0.139. The van der Waals surface area contributed by atoms with Gasteiger partial charge in [0.1, 0.15) is 11.3 Å². The van der Waals surface area contributed by atoms with Crippen molar-refractivity contribution in [2.75, 3.05) is 7.11 Å². The number of aromatic amines is 1. The van der Waals surface area contributed by atoms with Crippen LogP contribution in [0.15, 0.2) is 18.5 Å². The van der Waals surface area contributed by atoms with Crippen LogP contribution in [-0.4, -0.2) is 28.2 Å². The second kappa shape index (κ2) is 4.68. The molecule has 18 heavy (non-hydrogen) atoms. The Kier molecular flexibility index (Phi) is 3.23. The summed E-state index contributed by atoms with van der Waals surface area (Å²) < 4.78 is 5.21. The van der Waals surface area contributed by atoms with E-state index in [1.165, 1.54) is 0 Å². The SMILES string of the molecule is COc1ccc(C(C(=O)O)C(C)C)c2[nH]cnc12. The Balaban J connectivity index is 2.64. The molecule has 0 bridgehead atoms. The fourth-order valence-electron chi connectivity index (χ4n) is 2.23. The van der Waals surface area contributed by atoms with Crippen molar-refractivity contribution in [3.05, 3.63) is 24.0 Å². The molecule has 1 aromatic heterocycles. The number of aromatic nitrogens is 2. The number of nitrogens with one attached hydrogen (secondary N) is 1. The molecule has 0 aliphatic heterocycles.